The average Bonchev–Trinajstić information content (AvgIpc) is 3.03. The Bertz CT molecular complexity index is 463. The largest absolute Gasteiger partial charge is 0.370 e. The first-order valence-electron chi connectivity index (χ1n) is 7.61. The fourth-order valence-electron chi connectivity index (χ4n) is 2.99. The van der Waals surface area contributed by atoms with Crippen LogP contribution >= 0.6 is 0 Å². The fraction of sp³-hybridized carbons (Fsp3) is 0.562. The molecule has 2 saturated heterocycles. The summed E-state index contributed by atoms with van der Waals surface area (Å²) in [6, 6.07) is 8.08. The van der Waals surface area contributed by atoms with E-state index in [2.05, 4.69) is 16.3 Å². The molecule has 1 amide bonds. The molecule has 1 aromatic rings. The van der Waals surface area contributed by atoms with Crippen molar-refractivity contribution in [1.29, 1.82) is 0 Å². The van der Waals surface area contributed by atoms with Gasteiger partial charge in [0, 0.05) is 19.7 Å². The highest BCUT2D eigenvalue weighted by atomic mass is 16.5. The zero-order valence-corrected chi connectivity index (χ0v) is 11.8. The third-order valence-corrected chi connectivity index (χ3v) is 4.08. The van der Waals surface area contributed by atoms with Crippen LogP contribution in [0.4, 0.5) is 11.4 Å². The number of hydrogen-bond donors (Lipinski definition) is 1. The summed E-state index contributed by atoms with van der Waals surface area (Å²) in [7, 11) is 0. The molecule has 1 atom stereocenters. The lowest BCUT2D eigenvalue weighted by Crippen LogP contribution is -2.32. The molecule has 2 aliphatic rings. The van der Waals surface area contributed by atoms with Crippen LogP contribution in [-0.2, 0) is 9.53 Å². The topological polar surface area (TPSA) is 41.6 Å². The van der Waals surface area contributed by atoms with Crippen molar-refractivity contribution in [3.8, 4) is 0 Å². The van der Waals surface area contributed by atoms with Crippen molar-refractivity contribution >= 4 is 17.3 Å². The lowest BCUT2D eigenvalue weighted by atomic mass is 10.1. The molecule has 2 aliphatic heterocycles. The van der Waals surface area contributed by atoms with Gasteiger partial charge in [-0.05, 0) is 44.2 Å². The Kier molecular flexibility index (Phi) is 4.21. The number of piperidine rings is 1. The second kappa shape index (κ2) is 6.27. The van der Waals surface area contributed by atoms with Crippen molar-refractivity contribution in [1.82, 2.24) is 0 Å². The summed E-state index contributed by atoms with van der Waals surface area (Å²) >= 11 is 0. The summed E-state index contributed by atoms with van der Waals surface area (Å²) in [5.41, 5.74) is 2.05. The van der Waals surface area contributed by atoms with Crippen LogP contribution in [-0.4, -0.2) is 31.7 Å². The van der Waals surface area contributed by atoms with Crippen LogP contribution in [0.15, 0.2) is 24.3 Å². The quantitative estimate of drug-likeness (QED) is 0.921. The molecule has 0 aliphatic carbocycles. The maximum absolute atomic E-state index is 12.2. The Morgan fingerprint density at radius 1 is 1.15 bits per heavy atom. The lowest BCUT2D eigenvalue weighted by molar-refractivity contribution is -0.124. The van der Waals surface area contributed by atoms with E-state index in [1.165, 1.54) is 19.3 Å². The molecular weight excluding hydrogens is 252 g/mol. The average molecular weight is 274 g/mol. The Hall–Kier alpha value is -1.55. The van der Waals surface area contributed by atoms with E-state index in [1.54, 1.807) is 0 Å². The normalized spacial score (nSPS) is 22.8. The number of carbonyl (C=O) groups is 1. The summed E-state index contributed by atoms with van der Waals surface area (Å²) in [5.74, 6) is -0.00744. The van der Waals surface area contributed by atoms with Crippen molar-refractivity contribution < 1.29 is 9.53 Å². The molecule has 0 radical (unpaired) electrons. The number of benzene rings is 1. The van der Waals surface area contributed by atoms with Gasteiger partial charge < -0.3 is 15.0 Å². The second-order valence-corrected chi connectivity index (χ2v) is 5.56. The highest BCUT2D eigenvalue weighted by Crippen LogP contribution is 2.28. The van der Waals surface area contributed by atoms with Gasteiger partial charge in [-0.3, -0.25) is 4.79 Å². The predicted molar refractivity (Wildman–Crippen MR) is 80.1 cm³/mol. The van der Waals surface area contributed by atoms with Crippen LogP contribution in [0.1, 0.15) is 32.1 Å². The first-order chi connectivity index (χ1) is 9.84. The summed E-state index contributed by atoms with van der Waals surface area (Å²) in [6.07, 6.45) is 5.30. The molecule has 4 nitrogen and oxygen atoms in total. The molecule has 3 rings (SSSR count). The van der Waals surface area contributed by atoms with Gasteiger partial charge >= 0.3 is 0 Å². The third kappa shape index (κ3) is 2.96. The van der Waals surface area contributed by atoms with E-state index in [4.69, 9.17) is 4.74 Å². The molecule has 20 heavy (non-hydrogen) atoms. The monoisotopic (exact) mass is 274 g/mol. The van der Waals surface area contributed by atoms with E-state index < -0.39 is 0 Å². The Labute approximate surface area is 120 Å². The Morgan fingerprint density at radius 3 is 2.70 bits per heavy atom. The number of amides is 1. The number of para-hydroxylation sites is 2. The Morgan fingerprint density at radius 2 is 1.95 bits per heavy atom. The van der Waals surface area contributed by atoms with E-state index in [0.29, 0.717) is 6.61 Å². The lowest BCUT2D eigenvalue weighted by Gasteiger charge is -2.30. The van der Waals surface area contributed by atoms with Gasteiger partial charge in [-0.1, -0.05) is 12.1 Å². The number of anilines is 2. The number of nitrogens with one attached hydrogen (secondary N) is 1. The van der Waals surface area contributed by atoms with Crippen LogP contribution in [0.5, 0.6) is 0 Å². The molecule has 1 aromatic carbocycles. The van der Waals surface area contributed by atoms with Crippen LogP contribution in [0.2, 0.25) is 0 Å². The van der Waals surface area contributed by atoms with Gasteiger partial charge in [0.1, 0.15) is 6.10 Å². The van der Waals surface area contributed by atoms with Gasteiger partial charge in [0.15, 0.2) is 0 Å². The molecule has 0 saturated carbocycles. The highest BCUT2D eigenvalue weighted by molar-refractivity contribution is 5.97. The van der Waals surface area contributed by atoms with Crippen LogP contribution < -0.4 is 10.2 Å². The summed E-state index contributed by atoms with van der Waals surface area (Å²) in [6.45, 7) is 2.85. The summed E-state index contributed by atoms with van der Waals surface area (Å²) < 4.78 is 5.45. The minimum Gasteiger partial charge on any atom is -0.370 e. The molecule has 1 N–H and O–H groups in total. The SMILES string of the molecule is O=C(Nc1ccccc1N1CCCCC1)C1CCCO1. The van der Waals surface area contributed by atoms with Gasteiger partial charge in [-0.25, -0.2) is 0 Å². The molecular formula is C16H22N2O2. The smallest absolute Gasteiger partial charge is 0.253 e. The second-order valence-electron chi connectivity index (χ2n) is 5.56. The van der Waals surface area contributed by atoms with Gasteiger partial charge in [-0.2, -0.15) is 0 Å². The van der Waals surface area contributed by atoms with E-state index in [9.17, 15) is 4.79 Å². The van der Waals surface area contributed by atoms with Crippen molar-refractivity contribution in [2.24, 2.45) is 0 Å². The van der Waals surface area contributed by atoms with E-state index in [1.807, 2.05) is 18.2 Å². The van der Waals surface area contributed by atoms with Crippen molar-refractivity contribution in [2.75, 3.05) is 29.9 Å². The van der Waals surface area contributed by atoms with E-state index >= 15 is 0 Å². The Balaban J connectivity index is 1.73. The van der Waals surface area contributed by atoms with Gasteiger partial charge in [0.2, 0.25) is 0 Å². The van der Waals surface area contributed by atoms with Crippen LogP contribution in [0, 0.1) is 0 Å². The minimum absolute atomic E-state index is 0.00744. The van der Waals surface area contributed by atoms with Gasteiger partial charge in [0.05, 0.1) is 11.4 Å². The molecule has 0 aromatic heterocycles. The molecule has 108 valence electrons. The van der Waals surface area contributed by atoms with Gasteiger partial charge in [0.25, 0.3) is 5.91 Å². The molecule has 4 heteroatoms. The number of rotatable bonds is 3. The van der Waals surface area contributed by atoms with Gasteiger partial charge in [-0.15, -0.1) is 0 Å². The van der Waals surface area contributed by atoms with Crippen molar-refractivity contribution in [2.45, 2.75) is 38.2 Å². The van der Waals surface area contributed by atoms with E-state index in [-0.39, 0.29) is 12.0 Å². The highest BCUT2D eigenvalue weighted by Gasteiger charge is 2.24. The molecule has 0 spiro atoms. The molecule has 1 unspecified atom stereocenters. The number of ether oxygens (including phenoxy) is 1. The molecule has 2 heterocycles. The zero-order chi connectivity index (χ0) is 13.8. The maximum Gasteiger partial charge on any atom is 0.253 e. The first-order valence-corrected chi connectivity index (χ1v) is 7.61. The number of nitrogens with zero attached hydrogens (tertiary/aromatic N) is 1. The van der Waals surface area contributed by atoms with Crippen molar-refractivity contribution in [3.05, 3.63) is 24.3 Å². The maximum atomic E-state index is 12.2. The first kappa shape index (κ1) is 13.4. The fourth-order valence-corrected chi connectivity index (χ4v) is 2.99. The number of hydrogen-bond acceptors (Lipinski definition) is 3. The standard InChI is InChI=1S/C16H22N2O2/c19-16(15-9-6-12-20-15)17-13-7-2-3-8-14(13)18-10-4-1-5-11-18/h2-3,7-8,15H,1,4-6,9-12H2,(H,17,19). The number of carbonyl (C=O) groups excluding carboxylic acids is 1. The third-order valence-electron chi connectivity index (χ3n) is 4.08. The molecule has 0 bridgehead atoms. The summed E-state index contributed by atoms with van der Waals surface area (Å²) in [4.78, 5) is 14.6. The van der Waals surface area contributed by atoms with Crippen LogP contribution in [0.25, 0.3) is 0 Å². The zero-order valence-electron chi connectivity index (χ0n) is 11.8. The van der Waals surface area contributed by atoms with Crippen molar-refractivity contribution in [3.63, 3.8) is 0 Å². The summed E-state index contributed by atoms with van der Waals surface area (Å²) in [5, 5.41) is 3.04. The predicted octanol–water partition coefficient (Wildman–Crippen LogP) is 2.79. The minimum atomic E-state index is -0.274. The van der Waals surface area contributed by atoms with E-state index in [0.717, 1.165) is 37.3 Å². The molecule has 2 fully saturated rings. The van der Waals surface area contributed by atoms with Crippen LogP contribution in [0.3, 0.4) is 0 Å².